The Balaban J connectivity index is 2.11. The monoisotopic (exact) mass is 617 g/mol. The molecule has 0 saturated heterocycles. The fourth-order valence-corrected chi connectivity index (χ4v) is 5.46. The Morgan fingerprint density at radius 3 is 2.23 bits per heavy atom. The number of aromatic nitrogens is 1. The summed E-state index contributed by atoms with van der Waals surface area (Å²) in [4.78, 5) is 40.4. The SMILES string of the molecule is CCCC(C(=O)NC(CC(=O)O)c1cc(-c2c(C)cccc2C)cc(C)c1F)n1cc(CCN(C)C)c(C(F)(F)F)cc1=O. The van der Waals surface area contributed by atoms with Gasteiger partial charge in [0.1, 0.15) is 11.9 Å². The maximum absolute atomic E-state index is 15.6. The van der Waals surface area contributed by atoms with Gasteiger partial charge >= 0.3 is 12.1 Å². The van der Waals surface area contributed by atoms with E-state index in [4.69, 9.17) is 0 Å². The number of benzene rings is 2. The van der Waals surface area contributed by atoms with Gasteiger partial charge in [-0.1, -0.05) is 31.5 Å². The maximum atomic E-state index is 15.6. The van der Waals surface area contributed by atoms with Crippen LogP contribution in [0.15, 0.2) is 47.4 Å². The molecule has 2 unspecified atom stereocenters. The van der Waals surface area contributed by atoms with Crippen LogP contribution in [0.1, 0.15) is 71.7 Å². The van der Waals surface area contributed by atoms with E-state index in [-0.39, 0.29) is 36.1 Å². The first-order chi connectivity index (χ1) is 20.5. The van der Waals surface area contributed by atoms with Crippen molar-refractivity contribution in [2.45, 2.75) is 71.6 Å². The fourth-order valence-electron chi connectivity index (χ4n) is 5.46. The van der Waals surface area contributed by atoms with E-state index in [9.17, 15) is 32.7 Å². The zero-order chi connectivity index (χ0) is 32.9. The van der Waals surface area contributed by atoms with Crippen molar-refractivity contribution in [3.05, 3.63) is 92.1 Å². The third-order valence-corrected chi connectivity index (χ3v) is 7.62. The van der Waals surface area contributed by atoms with Gasteiger partial charge in [-0.3, -0.25) is 14.4 Å². The molecule has 0 saturated carbocycles. The normalized spacial score (nSPS) is 13.2. The van der Waals surface area contributed by atoms with Crippen LogP contribution < -0.4 is 10.9 Å². The Morgan fingerprint density at radius 2 is 1.68 bits per heavy atom. The van der Waals surface area contributed by atoms with Crippen molar-refractivity contribution in [2.75, 3.05) is 20.6 Å². The molecule has 1 aromatic heterocycles. The number of amides is 1. The summed E-state index contributed by atoms with van der Waals surface area (Å²) in [5.41, 5.74) is 1.32. The summed E-state index contributed by atoms with van der Waals surface area (Å²) >= 11 is 0. The van der Waals surface area contributed by atoms with E-state index in [1.54, 1.807) is 38.9 Å². The molecule has 0 spiro atoms. The van der Waals surface area contributed by atoms with Crippen molar-refractivity contribution in [2.24, 2.45) is 0 Å². The Kier molecular flexibility index (Phi) is 11.1. The van der Waals surface area contributed by atoms with E-state index in [2.05, 4.69) is 5.32 Å². The first kappa shape index (κ1) is 34.5. The molecule has 0 fully saturated rings. The minimum Gasteiger partial charge on any atom is -0.481 e. The number of carboxylic acids is 1. The molecular weight excluding hydrogens is 578 g/mol. The van der Waals surface area contributed by atoms with Crippen molar-refractivity contribution in [3.63, 3.8) is 0 Å². The molecule has 238 valence electrons. The van der Waals surface area contributed by atoms with Gasteiger partial charge in [0, 0.05) is 24.4 Å². The lowest BCUT2D eigenvalue weighted by molar-refractivity contribution is -0.139. The average Bonchev–Trinajstić information content (AvgIpc) is 2.91. The summed E-state index contributed by atoms with van der Waals surface area (Å²) in [7, 11) is 3.41. The molecule has 1 amide bonds. The molecule has 1 heterocycles. The van der Waals surface area contributed by atoms with Crippen LogP contribution in [-0.2, 0) is 22.2 Å². The van der Waals surface area contributed by atoms with Crippen LogP contribution in [0.25, 0.3) is 11.1 Å². The second-order valence-corrected chi connectivity index (χ2v) is 11.4. The first-order valence-electron chi connectivity index (χ1n) is 14.4. The van der Waals surface area contributed by atoms with Gasteiger partial charge in [0.05, 0.1) is 18.0 Å². The second kappa shape index (κ2) is 14.2. The number of pyridine rings is 1. The fraction of sp³-hybridized carbons (Fsp3) is 0.424. The highest BCUT2D eigenvalue weighted by Crippen LogP contribution is 2.34. The molecule has 2 atom stereocenters. The highest BCUT2D eigenvalue weighted by Gasteiger charge is 2.35. The Hall–Kier alpha value is -3.99. The summed E-state index contributed by atoms with van der Waals surface area (Å²) in [6, 6.07) is 6.79. The Morgan fingerprint density at radius 1 is 1.05 bits per heavy atom. The molecule has 0 bridgehead atoms. The van der Waals surface area contributed by atoms with Crippen LogP contribution in [0.3, 0.4) is 0 Å². The first-order valence-corrected chi connectivity index (χ1v) is 14.4. The number of nitrogens with one attached hydrogen (secondary N) is 1. The number of aryl methyl sites for hydroxylation is 3. The van der Waals surface area contributed by atoms with Gasteiger partial charge in [0.15, 0.2) is 0 Å². The van der Waals surface area contributed by atoms with E-state index < -0.39 is 53.5 Å². The van der Waals surface area contributed by atoms with Crippen LogP contribution in [0.2, 0.25) is 0 Å². The summed E-state index contributed by atoms with van der Waals surface area (Å²) in [5.74, 6) is -2.78. The molecule has 2 N–H and O–H groups in total. The lowest BCUT2D eigenvalue weighted by atomic mass is 9.90. The number of aliphatic carboxylic acids is 1. The largest absolute Gasteiger partial charge is 0.481 e. The lowest BCUT2D eigenvalue weighted by Crippen LogP contribution is -2.40. The van der Waals surface area contributed by atoms with Gasteiger partial charge in [-0.05, 0) is 93.2 Å². The third-order valence-electron chi connectivity index (χ3n) is 7.62. The van der Waals surface area contributed by atoms with E-state index in [0.29, 0.717) is 18.1 Å². The number of hydrogen-bond donors (Lipinski definition) is 2. The number of nitrogens with zero attached hydrogens (tertiary/aromatic N) is 2. The van der Waals surface area contributed by atoms with E-state index >= 15 is 4.39 Å². The molecular formula is C33H39F4N3O4. The molecule has 44 heavy (non-hydrogen) atoms. The Bertz CT molecular complexity index is 1560. The number of likely N-dealkylation sites (N-methyl/N-ethyl adjacent to an activating group) is 1. The van der Waals surface area contributed by atoms with Gasteiger partial charge in [0.2, 0.25) is 5.91 Å². The molecule has 3 aromatic rings. The van der Waals surface area contributed by atoms with E-state index in [0.717, 1.165) is 27.5 Å². The smallest absolute Gasteiger partial charge is 0.416 e. The number of halogens is 4. The van der Waals surface area contributed by atoms with Crippen LogP contribution >= 0.6 is 0 Å². The lowest BCUT2D eigenvalue weighted by Gasteiger charge is -2.26. The van der Waals surface area contributed by atoms with Gasteiger partial charge in [-0.15, -0.1) is 0 Å². The van der Waals surface area contributed by atoms with Crippen LogP contribution in [-0.4, -0.2) is 47.1 Å². The highest BCUT2D eigenvalue weighted by atomic mass is 19.4. The quantitative estimate of drug-likeness (QED) is 0.230. The molecule has 0 radical (unpaired) electrons. The van der Waals surface area contributed by atoms with Crippen molar-refractivity contribution >= 4 is 11.9 Å². The summed E-state index contributed by atoms with van der Waals surface area (Å²) < 4.78 is 58.0. The predicted molar refractivity (Wildman–Crippen MR) is 161 cm³/mol. The van der Waals surface area contributed by atoms with E-state index in [1.165, 1.54) is 6.07 Å². The molecule has 7 nitrogen and oxygen atoms in total. The topological polar surface area (TPSA) is 91.6 Å². The van der Waals surface area contributed by atoms with E-state index in [1.807, 2.05) is 32.0 Å². The Labute approximate surface area is 254 Å². The minimum absolute atomic E-state index is 0.0280. The summed E-state index contributed by atoms with van der Waals surface area (Å²) in [5, 5.41) is 12.3. The molecule has 0 aliphatic carbocycles. The summed E-state index contributed by atoms with van der Waals surface area (Å²) in [6.45, 7) is 7.37. The highest BCUT2D eigenvalue weighted by molar-refractivity contribution is 5.82. The zero-order valence-corrected chi connectivity index (χ0v) is 25.8. The van der Waals surface area contributed by atoms with Gasteiger partial charge in [-0.25, -0.2) is 4.39 Å². The molecule has 11 heteroatoms. The third kappa shape index (κ3) is 8.13. The second-order valence-electron chi connectivity index (χ2n) is 11.4. The predicted octanol–water partition coefficient (Wildman–Crippen LogP) is 6.38. The van der Waals surface area contributed by atoms with Gasteiger partial charge < -0.3 is 19.9 Å². The number of carbonyl (C=O) groups is 2. The molecule has 0 aliphatic heterocycles. The molecule has 0 aliphatic rings. The molecule has 3 rings (SSSR count). The minimum atomic E-state index is -4.77. The number of carbonyl (C=O) groups excluding carboxylic acids is 1. The van der Waals surface area contributed by atoms with Crippen molar-refractivity contribution in [1.82, 2.24) is 14.8 Å². The van der Waals surface area contributed by atoms with Crippen molar-refractivity contribution in [1.29, 1.82) is 0 Å². The van der Waals surface area contributed by atoms with Crippen molar-refractivity contribution in [3.8, 4) is 11.1 Å². The zero-order valence-electron chi connectivity index (χ0n) is 25.8. The summed E-state index contributed by atoms with van der Waals surface area (Å²) in [6.07, 6.45) is -3.93. The number of carboxylic acid groups (broad SMARTS) is 1. The van der Waals surface area contributed by atoms with Crippen LogP contribution in [0, 0.1) is 26.6 Å². The van der Waals surface area contributed by atoms with Crippen LogP contribution in [0.4, 0.5) is 17.6 Å². The van der Waals surface area contributed by atoms with Crippen LogP contribution in [0.5, 0.6) is 0 Å². The number of alkyl halides is 3. The van der Waals surface area contributed by atoms with Gasteiger partial charge in [0.25, 0.3) is 5.56 Å². The van der Waals surface area contributed by atoms with Crippen molar-refractivity contribution < 1.29 is 32.3 Å². The number of rotatable bonds is 12. The average molecular weight is 618 g/mol. The maximum Gasteiger partial charge on any atom is 0.416 e. The molecule has 2 aromatic carbocycles. The van der Waals surface area contributed by atoms with Gasteiger partial charge in [-0.2, -0.15) is 13.2 Å². The standard InChI is InChI=1S/C33H39F4N3O4/c1-7-9-27(40-18-22(12-13-39(5)6)25(16-28(40)41)33(35,36)37)32(44)38-26(17-29(42)43)24-15-23(14-21(4)31(24)34)30-19(2)10-8-11-20(30)3/h8,10-11,14-16,18,26-27H,7,9,12-13,17H2,1-6H3,(H,38,44)(H,42,43). The number of hydrogen-bond acceptors (Lipinski definition) is 4.